The van der Waals surface area contributed by atoms with E-state index >= 15 is 0 Å². The number of sulfonamides is 1. The molecule has 0 saturated carbocycles. The van der Waals surface area contributed by atoms with E-state index in [2.05, 4.69) is 4.72 Å². The van der Waals surface area contributed by atoms with E-state index in [1.807, 2.05) is 32.0 Å². The van der Waals surface area contributed by atoms with Gasteiger partial charge in [-0.1, -0.05) is 32.0 Å². The predicted molar refractivity (Wildman–Crippen MR) is 91.7 cm³/mol. The molecule has 3 N–H and O–H groups in total. The fourth-order valence-corrected chi connectivity index (χ4v) is 3.71. The van der Waals surface area contributed by atoms with Crippen LogP contribution >= 0.6 is 0 Å². The number of ether oxygens (including phenoxy) is 1. The average Bonchev–Trinajstić information content (AvgIpc) is 2.53. The van der Waals surface area contributed by atoms with Crippen LogP contribution in [0, 0.1) is 5.92 Å². The number of anilines is 1. The highest BCUT2D eigenvalue weighted by molar-refractivity contribution is 7.89. The van der Waals surface area contributed by atoms with Gasteiger partial charge >= 0.3 is 0 Å². The standard InChI is InChI=1S/C17H22N2O3S/c1-12(2)17(15-6-4-5-7-16(15)18)19-23(20,21)14-10-8-13(22-3)9-11-14/h4-12,17,19H,18H2,1-3H3/t17-/m1/s1. The van der Waals surface area contributed by atoms with Crippen LogP contribution in [0.5, 0.6) is 5.75 Å². The summed E-state index contributed by atoms with van der Waals surface area (Å²) in [6.45, 7) is 3.90. The molecule has 0 saturated heterocycles. The number of benzene rings is 2. The lowest BCUT2D eigenvalue weighted by atomic mass is 9.96. The topological polar surface area (TPSA) is 81.4 Å². The van der Waals surface area contributed by atoms with Crippen molar-refractivity contribution in [3.05, 3.63) is 54.1 Å². The number of methoxy groups -OCH3 is 1. The molecule has 0 spiro atoms. The van der Waals surface area contributed by atoms with E-state index < -0.39 is 16.1 Å². The number of hydrogen-bond donors (Lipinski definition) is 2. The van der Waals surface area contributed by atoms with Crippen LogP contribution in [0.15, 0.2) is 53.4 Å². The molecule has 2 aromatic carbocycles. The number of rotatable bonds is 6. The highest BCUT2D eigenvalue weighted by atomic mass is 32.2. The number of nitrogens with two attached hydrogens (primary N) is 1. The third-order valence-electron chi connectivity index (χ3n) is 3.65. The third kappa shape index (κ3) is 4.03. The fraction of sp³-hybridized carbons (Fsp3) is 0.294. The van der Waals surface area contributed by atoms with Crippen molar-refractivity contribution < 1.29 is 13.2 Å². The predicted octanol–water partition coefficient (Wildman–Crippen LogP) is 2.95. The zero-order valence-corrected chi connectivity index (χ0v) is 14.3. The molecule has 0 radical (unpaired) electrons. The van der Waals surface area contributed by atoms with Gasteiger partial charge in [-0.3, -0.25) is 0 Å². The Morgan fingerprint density at radius 3 is 2.17 bits per heavy atom. The second-order valence-electron chi connectivity index (χ2n) is 5.65. The van der Waals surface area contributed by atoms with Gasteiger partial charge in [-0.05, 0) is 41.8 Å². The Labute approximate surface area is 137 Å². The quantitative estimate of drug-likeness (QED) is 0.796. The number of nitrogen functional groups attached to an aromatic ring is 1. The van der Waals surface area contributed by atoms with E-state index in [-0.39, 0.29) is 10.8 Å². The van der Waals surface area contributed by atoms with E-state index in [0.29, 0.717) is 11.4 Å². The van der Waals surface area contributed by atoms with Crippen molar-refractivity contribution in [2.24, 2.45) is 5.92 Å². The van der Waals surface area contributed by atoms with Crippen molar-refractivity contribution in [3.63, 3.8) is 0 Å². The fourth-order valence-electron chi connectivity index (χ4n) is 2.34. The molecule has 0 aliphatic heterocycles. The lowest BCUT2D eigenvalue weighted by Crippen LogP contribution is -2.32. The Balaban J connectivity index is 2.33. The summed E-state index contributed by atoms with van der Waals surface area (Å²) in [5.74, 6) is 0.657. The van der Waals surface area contributed by atoms with Crippen LogP contribution in [0.25, 0.3) is 0 Å². The van der Waals surface area contributed by atoms with Gasteiger partial charge in [0.2, 0.25) is 10.0 Å². The van der Waals surface area contributed by atoms with E-state index in [1.165, 1.54) is 19.2 Å². The van der Waals surface area contributed by atoms with E-state index in [0.717, 1.165) is 5.56 Å². The molecule has 5 nitrogen and oxygen atoms in total. The van der Waals surface area contributed by atoms with Gasteiger partial charge in [-0.25, -0.2) is 13.1 Å². The Bertz CT molecular complexity index is 756. The molecule has 0 aromatic heterocycles. The minimum atomic E-state index is -3.66. The average molecular weight is 334 g/mol. The Hall–Kier alpha value is -2.05. The smallest absolute Gasteiger partial charge is 0.241 e. The van der Waals surface area contributed by atoms with Gasteiger partial charge in [-0.2, -0.15) is 0 Å². The van der Waals surface area contributed by atoms with Gasteiger partial charge in [0.25, 0.3) is 0 Å². The zero-order chi connectivity index (χ0) is 17.0. The largest absolute Gasteiger partial charge is 0.497 e. The summed E-state index contributed by atoms with van der Waals surface area (Å²) >= 11 is 0. The maximum Gasteiger partial charge on any atom is 0.241 e. The first-order valence-corrected chi connectivity index (χ1v) is 8.84. The Morgan fingerprint density at radius 2 is 1.65 bits per heavy atom. The Kier molecular flexibility index (Phi) is 5.28. The van der Waals surface area contributed by atoms with Crippen LogP contribution in [0.2, 0.25) is 0 Å². The van der Waals surface area contributed by atoms with Gasteiger partial charge in [0.1, 0.15) is 5.75 Å². The van der Waals surface area contributed by atoms with E-state index in [9.17, 15) is 8.42 Å². The van der Waals surface area contributed by atoms with Gasteiger partial charge in [0.05, 0.1) is 18.0 Å². The lowest BCUT2D eigenvalue weighted by molar-refractivity contribution is 0.414. The molecule has 124 valence electrons. The first-order chi connectivity index (χ1) is 10.8. The van der Waals surface area contributed by atoms with Crippen LogP contribution in [-0.4, -0.2) is 15.5 Å². The normalized spacial score (nSPS) is 13.0. The van der Waals surface area contributed by atoms with Crippen LogP contribution in [0.1, 0.15) is 25.5 Å². The van der Waals surface area contributed by atoms with Crippen molar-refractivity contribution in [3.8, 4) is 5.75 Å². The molecular weight excluding hydrogens is 312 g/mol. The summed E-state index contributed by atoms with van der Waals surface area (Å²) in [5.41, 5.74) is 7.35. The summed E-state index contributed by atoms with van der Waals surface area (Å²) in [4.78, 5) is 0.193. The summed E-state index contributed by atoms with van der Waals surface area (Å²) < 4.78 is 33.1. The van der Waals surface area contributed by atoms with E-state index in [4.69, 9.17) is 10.5 Å². The van der Waals surface area contributed by atoms with Gasteiger partial charge < -0.3 is 10.5 Å². The van der Waals surface area contributed by atoms with E-state index in [1.54, 1.807) is 18.2 Å². The number of hydrogen-bond acceptors (Lipinski definition) is 4. The number of para-hydroxylation sites is 1. The molecule has 0 fully saturated rings. The summed E-state index contributed by atoms with van der Waals surface area (Å²) in [7, 11) is -2.12. The third-order valence-corrected chi connectivity index (χ3v) is 5.11. The summed E-state index contributed by atoms with van der Waals surface area (Å²) in [5, 5.41) is 0. The van der Waals surface area contributed by atoms with Gasteiger partial charge in [0.15, 0.2) is 0 Å². The minimum absolute atomic E-state index is 0.0488. The van der Waals surface area contributed by atoms with Gasteiger partial charge in [-0.15, -0.1) is 0 Å². The minimum Gasteiger partial charge on any atom is -0.497 e. The molecule has 0 unspecified atom stereocenters. The van der Waals surface area contributed by atoms with Crippen molar-refractivity contribution in [1.82, 2.24) is 4.72 Å². The molecule has 0 aliphatic carbocycles. The van der Waals surface area contributed by atoms with Crippen molar-refractivity contribution in [2.75, 3.05) is 12.8 Å². The SMILES string of the molecule is COc1ccc(S(=O)(=O)N[C@@H](c2ccccc2N)C(C)C)cc1. The van der Waals surface area contributed by atoms with Crippen LogP contribution in [0.3, 0.4) is 0 Å². The molecular formula is C17H22N2O3S. The molecule has 6 heteroatoms. The van der Waals surface area contributed by atoms with Crippen LogP contribution in [-0.2, 0) is 10.0 Å². The van der Waals surface area contributed by atoms with Crippen LogP contribution < -0.4 is 15.2 Å². The molecule has 0 heterocycles. The molecule has 2 rings (SSSR count). The molecule has 0 bridgehead atoms. The molecule has 23 heavy (non-hydrogen) atoms. The molecule has 2 aromatic rings. The van der Waals surface area contributed by atoms with Crippen LogP contribution in [0.4, 0.5) is 5.69 Å². The zero-order valence-electron chi connectivity index (χ0n) is 13.5. The first kappa shape index (κ1) is 17.3. The summed E-state index contributed by atoms with van der Waals surface area (Å²) in [6, 6.07) is 13.2. The van der Waals surface area contributed by atoms with Crippen molar-refractivity contribution >= 4 is 15.7 Å². The van der Waals surface area contributed by atoms with Crippen molar-refractivity contribution in [2.45, 2.75) is 24.8 Å². The monoisotopic (exact) mass is 334 g/mol. The van der Waals surface area contributed by atoms with Crippen molar-refractivity contribution in [1.29, 1.82) is 0 Å². The molecule has 1 atom stereocenters. The maximum absolute atomic E-state index is 12.6. The second-order valence-corrected chi connectivity index (χ2v) is 7.36. The second kappa shape index (κ2) is 7.02. The molecule has 0 aliphatic rings. The summed E-state index contributed by atoms with van der Waals surface area (Å²) in [6.07, 6.45) is 0. The lowest BCUT2D eigenvalue weighted by Gasteiger charge is -2.24. The highest BCUT2D eigenvalue weighted by Crippen LogP contribution is 2.28. The molecule has 0 amide bonds. The highest BCUT2D eigenvalue weighted by Gasteiger charge is 2.25. The number of nitrogens with one attached hydrogen (secondary N) is 1. The maximum atomic E-state index is 12.6. The Morgan fingerprint density at radius 1 is 1.04 bits per heavy atom. The van der Waals surface area contributed by atoms with Gasteiger partial charge in [0, 0.05) is 5.69 Å². The first-order valence-electron chi connectivity index (χ1n) is 7.36.